The molecule has 37 heavy (non-hydrogen) atoms. The van der Waals surface area contributed by atoms with E-state index < -0.39 is 22.8 Å². The van der Waals surface area contributed by atoms with Crippen molar-refractivity contribution in [1.82, 2.24) is 5.32 Å². The first-order chi connectivity index (χ1) is 17.6. The lowest BCUT2D eigenvalue weighted by Crippen LogP contribution is -2.37. The molecule has 2 aromatic carbocycles. The standard InChI is InChI=1S/C26H27N3O8/c1-15-22(25(31)32)24(17-6-4-7-19(14-17)29(34)35)23(16(2)27-15)26(33)37-13-5-8-21(30)28-18-9-11-20(36-3)12-10-18/h4,6-7,9-12,14,24,27H,5,8,13H2,1-3H3,(H,28,30)(H,31,32)/p-1. The van der Waals surface area contributed by atoms with Crippen LogP contribution in [0.1, 0.15) is 38.2 Å². The minimum atomic E-state index is -1.52. The van der Waals surface area contributed by atoms with Crippen molar-refractivity contribution in [2.24, 2.45) is 0 Å². The van der Waals surface area contributed by atoms with E-state index in [1.54, 1.807) is 38.3 Å². The summed E-state index contributed by atoms with van der Waals surface area (Å²) in [5, 5.41) is 28.9. The fraction of sp³-hybridized carbons (Fsp3) is 0.269. The Balaban J connectivity index is 1.70. The summed E-state index contributed by atoms with van der Waals surface area (Å²) in [4.78, 5) is 48.0. The zero-order chi connectivity index (χ0) is 27.1. The van der Waals surface area contributed by atoms with E-state index in [1.165, 1.54) is 31.2 Å². The number of rotatable bonds is 10. The van der Waals surface area contributed by atoms with Gasteiger partial charge in [0.1, 0.15) is 5.75 Å². The van der Waals surface area contributed by atoms with Gasteiger partial charge in [-0.2, -0.15) is 0 Å². The molecule has 11 nitrogen and oxygen atoms in total. The summed E-state index contributed by atoms with van der Waals surface area (Å²) in [6.07, 6.45) is 0.296. The Morgan fingerprint density at radius 2 is 1.73 bits per heavy atom. The summed E-state index contributed by atoms with van der Waals surface area (Å²) in [6.45, 7) is 3.00. The van der Waals surface area contributed by atoms with Crippen LogP contribution in [-0.4, -0.2) is 36.5 Å². The average molecular weight is 509 g/mol. The van der Waals surface area contributed by atoms with Crippen molar-refractivity contribution < 1.29 is 33.9 Å². The number of non-ortho nitro benzene ring substituents is 1. The monoisotopic (exact) mass is 508 g/mol. The fourth-order valence-corrected chi connectivity index (χ4v) is 4.06. The summed E-state index contributed by atoms with van der Waals surface area (Å²) in [5.41, 5.74) is 0.944. The maximum absolute atomic E-state index is 13.1. The summed E-state index contributed by atoms with van der Waals surface area (Å²) in [5.74, 6) is -3.08. The molecule has 1 atom stereocenters. The molecule has 2 N–H and O–H groups in total. The zero-order valence-corrected chi connectivity index (χ0v) is 20.5. The average Bonchev–Trinajstić information content (AvgIpc) is 2.86. The van der Waals surface area contributed by atoms with Gasteiger partial charge in [0.05, 0.1) is 30.2 Å². The minimum Gasteiger partial charge on any atom is -0.545 e. The Labute approximate surface area is 212 Å². The van der Waals surface area contributed by atoms with Gasteiger partial charge in [-0.05, 0) is 50.1 Å². The molecule has 3 rings (SSSR count). The molecule has 1 unspecified atom stereocenters. The molecule has 0 spiro atoms. The van der Waals surface area contributed by atoms with Gasteiger partial charge in [-0.15, -0.1) is 0 Å². The van der Waals surface area contributed by atoms with E-state index in [2.05, 4.69) is 10.6 Å². The normalized spacial score (nSPS) is 15.1. The number of ether oxygens (including phenoxy) is 2. The molecule has 0 saturated carbocycles. The smallest absolute Gasteiger partial charge is 0.336 e. The molecule has 1 aliphatic rings. The number of carbonyl (C=O) groups excluding carboxylic acids is 3. The Hall–Kier alpha value is -4.67. The molecule has 0 bridgehead atoms. The van der Waals surface area contributed by atoms with Crippen molar-refractivity contribution in [3.8, 4) is 5.75 Å². The highest BCUT2D eigenvalue weighted by Crippen LogP contribution is 2.39. The van der Waals surface area contributed by atoms with Crippen LogP contribution in [0.3, 0.4) is 0 Å². The van der Waals surface area contributed by atoms with Crippen LogP contribution in [0.25, 0.3) is 0 Å². The van der Waals surface area contributed by atoms with Gasteiger partial charge < -0.3 is 30.0 Å². The molecule has 1 aliphatic heterocycles. The molecular weight excluding hydrogens is 482 g/mol. The van der Waals surface area contributed by atoms with Crippen LogP contribution in [0, 0.1) is 10.1 Å². The number of nitro benzene ring substituents is 1. The van der Waals surface area contributed by atoms with E-state index in [0.717, 1.165) is 0 Å². The molecule has 0 saturated heterocycles. The maximum atomic E-state index is 13.1. The number of amides is 1. The number of hydrogen-bond donors (Lipinski definition) is 2. The lowest BCUT2D eigenvalue weighted by molar-refractivity contribution is -0.384. The Kier molecular flexibility index (Phi) is 8.62. The molecule has 0 aliphatic carbocycles. The second-order valence-corrected chi connectivity index (χ2v) is 8.29. The van der Waals surface area contributed by atoms with Crippen molar-refractivity contribution in [2.45, 2.75) is 32.6 Å². The highest BCUT2D eigenvalue weighted by molar-refractivity contribution is 5.98. The third-order valence-corrected chi connectivity index (χ3v) is 5.77. The molecule has 11 heteroatoms. The van der Waals surface area contributed by atoms with Gasteiger partial charge >= 0.3 is 5.97 Å². The van der Waals surface area contributed by atoms with Crippen molar-refractivity contribution in [3.05, 3.63) is 86.7 Å². The molecule has 2 aromatic rings. The minimum absolute atomic E-state index is 0.00650. The van der Waals surface area contributed by atoms with Gasteiger partial charge in [-0.1, -0.05) is 12.1 Å². The number of dihydropyridines is 1. The Bertz CT molecular complexity index is 1280. The number of benzene rings is 2. The van der Waals surface area contributed by atoms with E-state index >= 15 is 0 Å². The van der Waals surface area contributed by atoms with Gasteiger partial charge in [0.25, 0.3) is 5.69 Å². The lowest BCUT2D eigenvalue weighted by Gasteiger charge is -2.32. The van der Waals surface area contributed by atoms with Gasteiger partial charge in [-0.25, -0.2) is 4.79 Å². The number of methoxy groups -OCH3 is 1. The van der Waals surface area contributed by atoms with Crippen molar-refractivity contribution in [1.29, 1.82) is 0 Å². The lowest BCUT2D eigenvalue weighted by atomic mass is 9.80. The zero-order valence-electron chi connectivity index (χ0n) is 20.5. The molecule has 1 heterocycles. The molecule has 0 aromatic heterocycles. The van der Waals surface area contributed by atoms with Crippen LogP contribution >= 0.6 is 0 Å². The van der Waals surface area contributed by atoms with E-state index in [4.69, 9.17) is 9.47 Å². The topological polar surface area (TPSA) is 160 Å². The van der Waals surface area contributed by atoms with Crippen molar-refractivity contribution in [2.75, 3.05) is 19.0 Å². The number of anilines is 1. The number of nitrogens with zero attached hydrogens (tertiary/aromatic N) is 1. The number of nitro groups is 1. The summed E-state index contributed by atoms with van der Waals surface area (Å²) in [6, 6.07) is 12.2. The van der Waals surface area contributed by atoms with Crippen LogP contribution in [0.5, 0.6) is 5.75 Å². The van der Waals surface area contributed by atoms with Crippen LogP contribution in [0.2, 0.25) is 0 Å². The third-order valence-electron chi connectivity index (χ3n) is 5.77. The second-order valence-electron chi connectivity index (χ2n) is 8.29. The number of carbonyl (C=O) groups is 3. The highest BCUT2D eigenvalue weighted by Gasteiger charge is 2.35. The Morgan fingerprint density at radius 3 is 2.35 bits per heavy atom. The van der Waals surface area contributed by atoms with Gasteiger partial charge in [-0.3, -0.25) is 14.9 Å². The van der Waals surface area contributed by atoms with E-state index in [9.17, 15) is 29.6 Å². The third kappa shape index (κ3) is 6.51. The number of carboxylic acid groups (broad SMARTS) is 1. The van der Waals surface area contributed by atoms with E-state index in [0.29, 0.717) is 17.1 Å². The number of nitrogens with one attached hydrogen (secondary N) is 2. The van der Waals surface area contributed by atoms with Crippen molar-refractivity contribution >= 4 is 29.2 Å². The van der Waals surface area contributed by atoms with Crippen molar-refractivity contribution in [3.63, 3.8) is 0 Å². The number of allylic oxidation sites excluding steroid dienone is 2. The quantitative estimate of drug-likeness (QED) is 0.213. The predicted octanol–water partition coefficient (Wildman–Crippen LogP) is 2.55. The number of esters is 1. The summed E-state index contributed by atoms with van der Waals surface area (Å²) in [7, 11) is 1.54. The predicted molar refractivity (Wildman–Crippen MR) is 131 cm³/mol. The SMILES string of the molecule is COc1ccc(NC(=O)CCCOC(=O)C2=C(C)NC(C)=C(C(=O)[O-])C2c2cccc([N+](=O)[O-])c2)cc1. The van der Waals surface area contributed by atoms with Gasteiger partial charge in [0.15, 0.2) is 0 Å². The van der Waals surface area contributed by atoms with Crippen LogP contribution in [0.15, 0.2) is 71.1 Å². The fourth-order valence-electron chi connectivity index (χ4n) is 4.06. The van der Waals surface area contributed by atoms with Crippen LogP contribution in [-0.2, 0) is 19.1 Å². The first kappa shape index (κ1) is 26.9. The number of carboxylic acids is 1. The van der Waals surface area contributed by atoms with Gasteiger partial charge in [0.2, 0.25) is 5.91 Å². The van der Waals surface area contributed by atoms with E-state index in [-0.39, 0.29) is 53.4 Å². The number of hydrogen-bond acceptors (Lipinski definition) is 9. The Morgan fingerprint density at radius 1 is 1.05 bits per heavy atom. The first-order valence-corrected chi connectivity index (χ1v) is 11.4. The first-order valence-electron chi connectivity index (χ1n) is 11.4. The molecule has 1 amide bonds. The van der Waals surface area contributed by atoms with Crippen LogP contribution < -0.4 is 20.5 Å². The van der Waals surface area contributed by atoms with Crippen LogP contribution in [0.4, 0.5) is 11.4 Å². The molecule has 0 fully saturated rings. The van der Waals surface area contributed by atoms with Gasteiger partial charge in [0, 0.05) is 47.1 Å². The maximum Gasteiger partial charge on any atom is 0.336 e. The highest BCUT2D eigenvalue weighted by atomic mass is 16.6. The number of aliphatic carboxylic acids is 1. The summed E-state index contributed by atoms with van der Waals surface area (Å²) >= 11 is 0. The van der Waals surface area contributed by atoms with E-state index in [1.807, 2.05) is 0 Å². The second kappa shape index (κ2) is 11.8. The largest absolute Gasteiger partial charge is 0.545 e. The molecule has 0 radical (unpaired) electrons. The molecular formula is C26H26N3O8-. The molecule has 194 valence electrons. The summed E-state index contributed by atoms with van der Waals surface area (Å²) < 4.78 is 10.4.